The molecule has 0 bridgehead atoms. The molecule has 0 heterocycles. The second kappa shape index (κ2) is 4.51. The van der Waals surface area contributed by atoms with Crippen LogP contribution in [0.4, 0.5) is 4.39 Å². The van der Waals surface area contributed by atoms with E-state index < -0.39 is 11.8 Å². The van der Waals surface area contributed by atoms with E-state index in [1.807, 2.05) is 0 Å². The number of carbonyl (C=O) groups is 1. The van der Waals surface area contributed by atoms with Crippen LogP contribution >= 0.6 is 0 Å². The van der Waals surface area contributed by atoms with Gasteiger partial charge in [0.2, 0.25) is 0 Å². The highest BCUT2D eigenvalue weighted by Crippen LogP contribution is 2.29. The van der Waals surface area contributed by atoms with E-state index in [9.17, 15) is 9.18 Å². The van der Waals surface area contributed by atoms with E-state index in [-0.39, 0.29) is 11.3 Å². The van der Waals surface area contributed by atoms with Crippen LogP contribution in [0.5, 0.6) is 5.75 Å². The number of aromatic carboxylic acids is 1. The van der Waals surface area contributed by atoms with Crippen LogP contribution in [0.2, 0.25) is 0 Å². The number of halogens is 1. The molecule has 0 atom stereocenters. The van der Waals surface area contributed by atoms with Crippen molar-refractivity contribution < 1.29 is 19.0 Å². The zero-order valence-corrected chi connectivity index (χ0v) is 8.78. The Morgan fingerprint density at radius 3 is 2.81 bits per heavy atom. The van der Waals surface area contributed by atoms with Crippen LogP contribution in [-0.2, 0) is 0 Å². The van der Waals surface area contributed by atoms with Crippen molar-refractivity contribution in [3.63, 3.8) is 0 Å². The number of rotatable bonds is 4. The van der Waals surface area contributed by atoms with Gasteiger partial charge in [-0.1, -0.05) is 12.5 Å². The minimum atomic E-state index is -1.16. The van der Waals surface area contributed by atoms with Crippen molar-refractivity contribution in [2.24, 2.45) is 5.92 Å². The van der Waals surface area contributed by atoms with Crippen LogP contribution in [0.1, 0.15) is 29.6 Å². The molecule has 0 aromatic heterocycles. The average Bonchev–Trinajstić information content (AvgIpc) is 2.17. The highest BCUT2D eigenvalue weighted by Gasteiger charge is 2.21. The Morgan fingerprint density at radius 1 is 1.50 bits per heavy atom. The summed E-state index contributed by atoms with van der Waals surface area (Å²) in [5.41, 5.74) is -0.112. The molecule has 16 heavy (non-hydrogen) atoms. The standard InChI is InChI=1S/C12H13FO3/c13-10-6-2-5-9(12(14)15)11(10)16-7-8-3-1-4-8/h2,5-6,8H,1,3-4,7H2,(H,14,15). The van der Waals surface area contributed by atoms with Crippen LogP contribution in [-0.4, -0.2) is 17.7 Å². The van der Waals surface area contributed by atoms with E-state index in [1.54, 1.807) is 0 Å². The molecule has 0 unspecified atom stereocenters. The van der Waals surface area contributed by atoms with Gasteiger partial charge in [-0.2, -0.15) is 0 Å². The van der Waals surface area contributed by atoms with E-state index in [2.05, 4.69) is 0 Å². The summed E-state index contributed by atoms with van der Waals surface area (Å²) in [6.07, 6.45) is 3.34. The van der Waals surface area contributed by atoms with Crippen molar-refractivity contribution in [2.45, 2.75) is 19.3 Å². The van der Waals surface area contributed by atoms with Gasteiger partial charge in [-0.05, 0) is 30.9 Å². The number of hydrogen-bond acceptors (Lipinski definition) is 2. The molecule has 1 N–H and O–H groups in total. The second-order valence-electron chi connectivity index (χ2n) is 4.03. The van der Waals surface area contributed by atoms with Crippen LogP contribution < -0.4 is 4.74 Å². The second-order valence-corrected chi connectivity index (χ2v) is 4.03. The summed E-state index contributed by atoms with van der Waals surface area (Å²) in [5.74, 6) is -1.47. The van der Waals surface area contributed by atoms with Gasteiger partial charge in [0, 0.05) is 0 Å². The van der Waals surface area contributed by atoms with Crippen molar-refractivity contribution in [2.75, 3.05) is 6.61 Å². The van der Waals surface area contributed by atoms with Crippen molar-refractivity contribution in [3.8, 4) is 5.75 Å². The molecule has 1 aliphatic rings. The minimum Gasteiger partial charge on any atom is -0.489 e. The predicted octanol–water partition coefficient (Wildman–Crippen LogP) is 2.70. The van der Waals surface area contributed by atoms with Gasteiger partial charge in [-0.15, -0.1) is 0 Å². The van der Waals surface area contributed by atoms with Crippen molar-refractivity contribution >= 4 is 5.97 Å². The highest BCUT2D eigenvalue weighted by atomic mass is 19.1. The SMILES string of the molecule is O=C(O)c1cccc(F)c1OCC1CCC1. The fourth-order valence-corrected chi connectivity index (χ4v) is 1.68. The smallest absolute Gasteiger partial charge is 0.339 e. The van der Waals surface area contributed by atoms with Crippen LogP contribution in [0.25, 0.3) is 0 Å². The van der Waals surface area contributed by atoms with Crippen molar-refractivity contribution in [1.82, 2.24) is 0 Å². The summed E-state index contributed by atoms with van der Waals surface area (Å²) in [4.78, 5) is 10.9. The van der Waals surface area contributed by atoms with Gasteiger partial charge in [0.05, 0.1) is 6.61 Å². The number of hydrogen-bond donors (Lipinski definition) is 1. The lowest BCUT2D eigenvalue weighted by atomic mass is 9.86. The summed E-state index contributed by atoms with van der Waals surface area (Å²) >= 11 is 0. The Labute approximate surface area is 92.9 Å². The number of para-hydroxylation sites is 1. The molecule has 0 radical (unpaired) electrons. The third-order valence-electron chi connectivity index (χ3n) is 2.89. The summed E-state index contributed by atoms with van der Waals surface area (Å²) < 4.78 is 18.7. The topological polar surface area (TPSA) is 46.5 Å². The van der Waals surface area contributed by atoms with E-state index in [0.29, 0.717) is 12.5 Å². The van der Waals surface area contributed by atoms with Gasteiger partial charge >= 0.3 is 5.97 Å². The van der Waals surface area contributed by atoms with Crippen LogP contribution in [0.3, 0.4) is 0 Å². The average molecular weight is 224 g/mol. The Balaban J connectivity index is 2.13. The third-order valence-corrected chi connectivity index (χ3v) is 2.89. The lowest BCUT2D eigenvalue weighted by Crippen LogP contribution is -2.20. The fraction of sp³-hybridized carbons (Fsp3) is 0.417. The fourth-order valence-electron chi connectivity index (χ4n) is 1.68. The van der Waals surface area contributed by atoms with Gasteiger partial charge in [0.1, 0.15) is 5.56 Å². The zero-order valence-electron chi connectivity index (χ0n) is 8.78. The molecule has 1 aliphatic carbocycles. The molecule has 1 fully saturated rings. The first-order chi connectivity index (χ1) is 7.68. The maximum absolute atomic E-state index is 13.4. The van der Waals surface area contributed by atoms with Gasteiger partial charge in [-0.25, -0.2) is 9.18 Å². The van der Waals surface area contributed by atoms with Crippen LogP contribution in [0, 0.1) is 11.7 Å². The Bertz CT molecular complexity index is 399. The molecule has 3 nitrogen and oxygen atoms in total. The van der Waals surface area contributed by atoms with Crippen LogP contribution in [0.15, 0.2) is 18.2 Å². The maximum Gasteiger partial charge on any atom is 0.339 e. The monoisotopic (exact) mass is 224 g/mol. The molecule has 4 heteroatoms. The summed E-state index contributed by atoms with van der Waals surface area (Å²) in [6.45, 7) is 0.404. The summed E-state index contributed by atoms with van der Waals surface area (Å²) in [7, 11) is 0. The van der Waals surface area contributed by atoms with Gasteiger partial charge in [-0.3, -0.25) is 0 Å². The largest absolute Gasteiger partial charge is 0.489 e. The van der Waals surface area contributed by atoms with Gasteiger partial charge in [0.25, 0.3) is 0 Å². The molecular formula is C12H13FO3. The molecule has 86 valence electrons. The first kappa shape index (κ1) is 10.9. The molecule has 0 saturated heterocycles. The van der Waals surface area contributed by atoms with Gasteiger partial charge < -0.3 is 9.84 Å². The highest BCUT2D eigenvalue weighted by molar-refractivity contribution is 5.90. The lowest BCUT2D eigenvalue weighted by molar-refractivity contribution is 0.0688. The van der Waals surface area contributed by atoms with E-state index in [0.717, 1.165) is 12.8 Å². The Kier molecular flexibility index (Phi) is 3.08. The first-order valence-electron chi connectivity index (χ1n) is 5.33. The Morgan fingerprint density at radius 2 is 2.25 bits per heavy atom. The molecule has 0 spiro atoms. The quantitative estimate of drug-likeness (QED) is 0.855. The van der Waals surface area contributed by atoms with E-state index >= 15 is 0 Å². The molecule has 1 aromatic rings. The maximum atomic E-state index is 13.4. The number of carboxylic acid groups (broad SMARTS) is 1. The van der Waals surface area contributed by atoms with E-state index in [4.69, 9.17) is 9.84 Å². The Hall–Kier alpha value is -1.58. The molecule has 0 aliphatic heterocycles. The summed E-state index contributed by atoms with van der Waals surface area (Å²) in [6, 6.07) is 3.93. The molecule has 0 amide bonds. The van der Waals surface area contributed by atoms with Crippen molar-refractivity contribution in [3.05, 3.63) is 29.6 Å². The lowest BCUT2D eigenvalue weighted by Gasteiger charge is -2.25. The number of benzene rings is 1. The number of carboxylic acids is 1. The molecule has 2 rings (SSSR count). The molecule has 1 saturated carbocycles. The molecular weight excluding hydrogens is 211 g/mol. The zero-order chi connectivity index (χ0) is 11.5. The third kappa shape index (κ3) is 2.15. The number of ether oxygens (including phenoxy) is 1. The molecule has 1 aromatic carbocycles. The first-order valence-corrected chi connectivity index (χ1v) is 5.33. The van der Waals surface area contributed by atoms with E-state index in [1.165, 1.54) is 24.6 Å². The van der Waals surface area contributed by atoms with Crippen molar-refractivity contribution in [1.29, 1.82) is 0 Å². The minimum absolute atomic E-state index is 0.112. The summed E-state index contributed by atoms with van der Waals surface area (Å²) in [5, 5.41) is 8.88. The predicted molar refractivity (Wildman–Crippen MR) is 56.2 cm³/mol. The van der Waals surface area contributed by atoms with Gasteiger partial charge in [0.15, 0.2) is 11.6 Å². The normalized spacial score (nSPS) is 15.6.